The standard InChI is InChI=1S/C17H27NO/c1-3-12-18-17(11-10-15-8-6-13-19-15)16-9-5-4-7-14(16)2/h4-5,7,9,15,17-18H,3,6,8,10-13H2,1-2H3. The summed E-state index contributed by atoms with van der Waals surface area (Å²) in [4.78, 5) is 0. The molecule has 2 nitrogen and oxygen atoms in total. The molecule has 0 saturated carbocycles. The van der Waals surface area contributed by atoms with E-state index >= 15 is 0 Å². The molecule has 1 aliphatic heterocycles. The molecule has 2 unspecified atom stereocenters. The van der Waals surface area contributed by atoms with Crippen molar-refractivity contribution in [2.45, 2.75) is 58.1 Å². The third-order valence-electron chi connectivity index (χ3n) is 4.01. The maximum atomic E-state index is 5.75. The van der Waals surface area contributed by atoms with Crippen LogP contribution in [-0.4, -0.2) is 19.3 Å². The molecule has 1 heterocycles. The van der Waals surface area contributed by atoms with Gasteiger partial charge in [-0.2, -0.15) is 0 Å². The van der Waals surface area contributed by atoms with E-state index in [1.165, 1.54) is 43.2 Å². The second-order valence-electron chi connectivity index (χ2n) is 5.58. The third-order valence-corrected chi connectivity index (χ3v) is 4.01. The minimum Gasteiger partial charge on any atom is -0.378 e. The van der Waals surface area contributed by atoms with Crippen LogP contribution < -0.4 is 5.32 Å². The SMILES string of the molecule is CCCNC(CCC1CCCO1)c1ccccc1C. The van der Waals surface area contributed by atoms with Gasteiger partial charge in [0.25, 0.3) is 0 Å². The Morgan fingerprint density at radius 1 is 1.37 bits per heavy atom. The molecule has 106 valence electrons. The summed E-state index contributed by atoms with van der Waals surface area (Å²) in [6, 6.07) is 9.22. The van der Waals surface area contributed by atoms with Crippen LogP contribution in [0.2, 0.25) is 0 Å². The topological polar surface area (TPSA) is 21.3 Å². The fourth-order valence-electron chi connectivity index (χ4n) is 2.89. The van der Waals surface area contributed by atoms with Crippen molar-refractivity contribution in [2.24, 2.45) is 0 Å². The van der Waals surface area contributed by atoms with E-state index in [-0.39, 0.29) is 0 Å². The average molecular weight is 261 g/mol. The lowest BCUT2D eigenvalue weighted by Gasteiger charge is -2.22. The van der Waals surface area contributed by atoms with E-state index in [0.29, 0.717) is 12.1 Å². The summed E-state index contributed by atoms with van der Waals surface area (Å²) in [5.41, 5.74) is 2.84. The monoisotopic (exact) mass is 261 g/mol. The van der Waals surface area contributed by atoms with Crippen molar-refractivity contribution >= 4 is 0 Å². The minimum atomic E-state index is 0.477. The molecule has 1 aromatic carbocycles. The second-order valence-corrected chi connectivity index (χ2v) is 5.58. The lowest BCUT2D eigenvalue weighted by atomic mass is 9.95. The average Bonchev–Trinajstić information content (AvgIpc) is 2.93. The summed E-state index contributed by atoms with van der Waals surface area (Å²) >= 11 is 0. The van der Waals surface area contributed by atoms with Gasteiger partial charge in [-0.05, 0) is 56.7 Å². The van der Waals surface area contributed by atoms with Crippen LogP contribution in [0.1, 0.15) is 56.2 Å². The molecule has 2 rings (SSSR count). The number of nitrogens with one attached hydrogen (secondary N) is 1. The van der Waals surface area contributed by atoms with Crippen LogP contribution in [0.4, 0.5) is 0 Å². The molecule has 0 aromatic heterocycles. The van der Waals surface area contributed by atoms with Crippen LogP contribution in [0.25, 0.3) is 0 Å². The van der Waals surface area contributed by atoms with E-state index in [0.717, 1.165) is 13.2 Å². The Morgan fingerprint density at radius 2 is 2.21 bits per heavy atom. The molecule has 1 fully saturated rings. The second kappa shape index (κ2) is 7.66. The largest absolute Gasteiger partial charge is 0.378 e. The minimum absolute atomic E-state index is 0.477. The highest BCUT2D eigenvalue weighted by atomic mass is 16.5. The molecule has 0 amide bonds. The number of aryl methyl sites for hydroxylation is 1. The van der Waals surface area contributed by atoms with Gasteiger partial charge in [-0.15, -0.1) is 0 Å². The van der Waals surface area contributed by atoms with Gasteiger partial charge in [-0.3, -0.25) is 0 Å². The first-order valence-corrected chi connectivity index (χ1v) is 7.71. The highest BCUT2D eigenvalue weighted by molar-refractivity contribution is 5.28. The van der Waals surface area contributed by atoms with Gasteiger partial charge in [-0.1, -0.05) is 31.2 Å². The molecule has 1 aliphatic rings. The molecule has 0 bridgehead atoms. The Hall–Kier alpha value is -0.860. The highest BCUT2D eigenvalue weighted by Gasteiger charge is 2.19. The van der Waals surface area contributed by atoms with Gasteiger partial charge in [0.2, 0.25) is 0 Å². The van der Waals surface area contributed by atoms with Crippen LogP contribution in [0.3, 0.4) is 0 Å². The molecule has 0 spiro atoms. The number of hydrogen-bond acceptors (Lipinski definition) is 2. The molecular weight excluding hydrogens is 234 g/mol. The fraction of sp³-hybridized carbons (Fsp3) is 0.647. The third kappa shape index (κ3) is 4.32. The van der Waals surface area contributed by atoms with E-state index in [2.05, 4.69) is 43.4 Å². The molecular formula is C17H27NO. The Bertz CT molecular complexity index is 371. The first-order valence-electron chi connectivity index (χ1n) is 7.71. The summed E-state index contributed by atoms with van der Waals surface area (Å²) < 4.78 is 5.75. The van der Waals surface area contributed by atoms with Crippen LogP contribution >= 0.6 is 0 Å². The number of hydrogen-bond donors (Lipinski definition) is 1. The van der Waals surface area contributed by atoms with E-state index in [4.69, 9.17) is 4.74 Å². The van der Waals surface area contributed by atoms with Crippen LogP contribution in [0.15, 0.2) is 24.3 Å². The van der Waals surface area contributed by atoms with Crippen LogP contribution in [0, 0.1) is 6.92 Å². The van der Waals surface area contributed by atoms with Crippen molar-refractivity contribution in [2.75, 3.05) is 13.2 Å². The zero-order valence-electron chi connectivity index (χ0n) is 12.3. The molecule has 2 atom stereocenters. The van der Waals surface area contributed by atoms with Crippen molar-refractivity contribution in [3.63, 3.8) is 0 Å². The van der Waals surface area contributed by atoms with E-state index in [9.17, 15) is 0 Å². The van der Waals surface area contributed by atoms with E-state index < -0.39 is 0 Å². The van der Waals surface area contributed by atoms with Gasteiger partial charge in [0.05, 0.1) is 6.10 Å². The maximum absolute atomic E-state index is 5.75. The van der Waals surface area contributed by atoms with E-state index in [1.807, 2.05) is 0 Å². The molecule has 19 heavy (non-hydrogen) atoms. The summed E-state index contributed by atoms with van der Waals surface area (Å²) in [7, 11) is 0. The first-order chi connectivity index (χ1) is 9.31. The molecule has 1 aromatic rings. The zero-order chi connectivity index (χ0) is 13.5. The Labute approximate surface area is 117 Å². The molecule has 0 aliphatic carbocycles. The quantitative estimate of drug-likeness (QED) is 0.801. The summed E-state index contributed by atoms with van der Waals surface area (Å²) in [6.07, 6.45) is 6.51. The fourth-order valence-corrected chi connectivity index (χ4v) is 2.89. The number of ether oxygens (including phenoxy) is 1. The summed E-state index contributed by atoms with van der Waals surface area (Å²) in [5, 5.41) is 3.69. The van der Waals surface area contributed by atoms with Gasteiger partial charge in [0.1, 0.15) is 0 Å². The maximum Gasteiger partial charge on any atom is 0.0576 e. The van der Waals surface area contributed by atoms with Crippen molar-refractivity contribution < 1.29 is 4.74 Å². The Morgan fingerprint density at radius 3 is 2.89 bits per heavy atom. The van der Waals surface area contributed by atoms with Gasteiger partial charge in [-0.25, -0.2) is 0 Å². The molecule has 0 radical (unpaired) electrons. The van der Waals surface area contributed by atoms with Crippen LogP contribution in [0.5, 0.6) is 0 Å². The predicted octanol–water partition coefficient (Wildman–Crippen LogP) is 3.99. The van der Waals surface area contributed by atoms with E-state index in [1.54, 1.807) is 0 Å². The van der Waals surface area contributed by atoms with Gasteiger partial charge in [0, 0.05) is 12.6 Å². The Balaban J connectivity index is 1.96. The van der Waals surface area contributed by atoms with Gasteiger partial charge >= 0.3 is 0 Å². The normalized spacial score (nSPS) is 20.6. The molecule has 2 heteroatoms. The van der Waals surface area contributed by atoms with Gasteiger partial charge < -0.3 is 10.1 Å². The van der Waals surface area contributed by atoms with Crippen molar-refractivity contribution in [1.29, 1.82) is 0 Å². The summed E-state index contributed by atoms with van der Waals surface area (Å²) in [6.45, 7) is 6.48. The van der Waals surface area contributed by atoms with Gasteiger partial charge in [0.15, 0.2) is 0 Å². The first kappa shape index (κ1) is 14.5. The zero-order valence-corrected chi connectivity index (χ0v) is 12.3. The number of benzene rings is 1. The van der Waals surface area contributed by atoms with Crippen molar-refractivity contribution in [3.05, 3.63) is 35.4 Å². The number of rotatable bonds is 7. The smallest absolute Gasteiger partial charge is 0.0576 e. The predicted molar refractivity (Wildman–Crippen MR) is 80.4 cm³/mol. The Kier molecular flexibility index (Phi) is 5.87. The lowest BCUT2D eigenvalue weighted by molar-refractivity contribution is 0.0995. The molecule has 1 saturated heterocycles. The van der Waals surface area contributed by atoms with Crippen molar-refractivity contribution in [1.82, 2.24) is 5.32 Å². The summed E-state index contributed by atoms with van der Waals surface area (Å²) in [5.74, 6) is 0. The highest BCUT2D eigenvalue weighted by Crippen LogP contribution is 2.25. The van der Waals surface area contributed by atoms with Crippen LogP contribution in [-0.2, 0) is 4.74 Å². The molecule has 1 N–H and O–H groups in total. The lowest BCUT2D eigenvalue weighted by Crippen LogP contribution is -2.24. The van der Waals surface area contributed by atoms with Crippen molar-refractivity contribution in [3.8, 4) is 0 Å².